The van der Waals surface area contributed by atoms with Gasteiger partial charge in [-0.3, -0.25) is 0 Å². The second kappa shape index (κ2) is 9.01. The van der Waals surface area contributed by atoms with Crippen molar-refractivity contribution in [1.82, 2.24) is 0 Å². The van der Waals surface area contributed by atoms with Gasteiger partial charge < -0.3 is 14.2 Å². The molecule has 3 heteroatoms. The first kappa shape index (κ1) is 17.9. The van der Waals surface area contributed by atoms with Crippen LogP contribution < -0.4 is 0 Å². The second-order valence-corrected chi connectivity index (χ2v) is 7.21. The first-order valence-corrected chi connectivity index (χ1v) is 8.26. The minimum Gasteiger partial charge on any atom is -0.377 e. The lowest BCUT2D eigenvalue weighted by atomic mass is 9.87. The SMILES string of the molecule is CC(C)CO[C@H]1OCCC[C@H]1[C@H](OCC(C)C)C(C)C. The van der Waals surface area contributed by atoms with E-state index in [1.165, 1.54) is 0 Å². The van der Waals surface area contributed by atoms with E-state index in [4.69, 9.17) is 14.2 Å². The van der Waals surface area contributed by atoms with E-state index >= 15 is 0 Å². The summed E-state index contributed by atoms with van der Waals surface area (Å²) in [7, 11) is 0. The maximum atomic E-state index is 6.18. The number of hydrogen-bond donors (Lipinski definition) is 0. The van der Waals surface area contributed by atoms with E-state index < -0.39 is 0 Å². The van der Waals surface area contributed by atoms with Gasteiger partial charge in [0.05, 0.1) is 12.7 Å². The summed E-state index contributed by atoms with van der Waals surface area (Å²) < 4.78 is 18.1. The van der Waals surface area contributed by atoms with Crippen molar-refractivity contribution >= 4 is 0 Å². The van der Waals surface area contributed by atoms with Gasteiger partial charge in [0.15, 0.2) is 6.29 Å². The molecule has 0 aromatic rings. The van der Waals surface area contributed by atoms with Crippen LogP contribution in [0.15, 0.2) is 0 Å². The third kappa shape index (κ3) is 6.11. The fraction of sp³-hybridized carbons (Fsp3) is 1.00. The van der Waals surface area contributed by atoms with Crippen molar-refractivity contribution in [1.29, 1.82) is 0 Å². The van der Waals surface area contributed by atoms with Crippen molar-refractivity contribution in [3.63, 3.8) is 0 Å². The lowest BCUT2D eigenvalue weighted by molar-refractivity contribution is -0.226. The summed E-state index contributed by atoms with van der Waals surface area (Å²) >= 11 is 0. The Morgan fingerprint density at radius 1 is 1.00 bits per heavy atom. The highest BCUT2D eigenvalue weighted by Crippen LogP contribution is 2.31. The predicted octanol–water partition coefficient (Wildman–Crippen LogP) is 4.11. The van der Waals surface area contributed by atoms with Crippen molar-refractivity contribution < 1.29 is 14.2 Å². The van der Waals surface area contributed by atoms with Gasteiger partial charge >= 0.3 is 0 Å². The highest BCUT2D eigenvalue weighted by Gasteiger charge is 2.36. The van der Waals surface area contributed by atoms with E-state index in [1.807, 2.05) is 0 Å². The van der Waals surface area contributed by atoms with Crippen LogP contribution in [0, 0.1) is 23.7 Å². The first-order chi connectivity index (χ1) is 9.41. The Hall–Kier alpha value is -0.120. The van der Waals surface area contributed by atoms with E-state index in [2.05, 4.69) is 41.5 Å². The van der Waals surface area contributed by atoms with E-state index in [1.54, 1.807) is 0 Å². The molecule has 1 heterocycles. The smallest absolute Gasteiger partial charge is 0.162 e. The maximum Gasteiger partial charge on any atom is 0.162 e. The number of ether oxygens (including phenoxy) is 3. The minimum absolute atomic E-state index is 0.0919. The largest absolute Gasteiger partial charge is 0.377 e. The molecule has 0 saturated carbocycles. The van der Waals surface area contributed by atoms with E-state index in [0.717, 1.165) is 32.7 Å². The highest BCUT2D eigenvalue weighted by molar-refractivity contribution is 4.79. The maximum absolute atomic E-state index is 6.18. The Morgan fingerprint density at radius 3 is 2.20 bits per heavy atom. The average Bonchev–Trinajstić information content (AvgIpc) is 2.37. The summed E-state index contributed by atoms with van der Waals surface area (Å²) in [4.78, 5) is 0. The Labute approximate surface area is 125 Å². The second-order valence-electron chi connectivity index (χ2n) is 7.21. The summed E-state index contributed by atoms with van der Waals surface area (Å²) in [5.74, 6) is 1.96. The Morgan fingerprint density at radius 2 is 1.65 bits per heavy atom. The Kier molecular flexibility index (Phi) is 8.08. The van der Waals surface area contributed by atoms with Crippen LogP contribution >= 0.6 is 0 Å². The van der Waals surface area contributed by atoms with Crippen LogP contribution in [-0.2, 0) is 14.2 Å². The molecular formula is C17H34O3. The van der Waals surface area contributed by atoms with Crippen LogP contribution in [0.1, 0.15) is 54.4 Å². The molecule has 3 nitrogen and oxygen atoms in total. The van der Waals surface area contributed by atoms with Crippen LogP contribution in [0.2, 0.25) is 0 Å². The normalized spacial score (nSPS) is 25.6. The molecule has 20 heavy (non-hydrogen) atoms. The van der Waals surface area contributed by atoms with Crippen molar-refractivity contribution in [3.05, 3.63) is 0 Å². The van der Waals surface area contributed by atoms with Crippen molar-refractivity contribution in [2.75, 3.05) is 19.8 Å². The monoisotopic (exact) mass is 286 g/mol. The zero-order valence-electron chi connectivity index (χ0n) is 14.2. The number of rotatable bonds is 8. The molecule has 0 amide bonds. The van der Waals surface area contributed by atoms with Crippen molar-refractivity contribution in [2.45, 2.75) is 66.8 Å². The molecule has 120 valence electrons. The van der Waals surface area contributed by atoms with E-state index in [0.29, 0.717) is 23.7 Å². The third-order valence-electron chi connectivity index (χ3n) is 3.61. The first-order valence-electron chi connectivity index (χ1n) is 8.26. The molecular weight excluding hydrogens is 252 g/mol. The quantitative estimate of drug-likeness (QED) is 0.672. The van der Waals surface area contributed by atoms with Crippen LogP contribution in [0.4, 0.5) is 0 Å². The predicted molar refractivity (Wildman–Crippen MR) is 82.7 cm³/mol. The zero-order chi connectivity index (χ0) is 15.1. The van der Waals surface area contributed by atoms with Gasteiger partial charge in [-0.1, -0.05) is 41.5 Å². The Bertz CT molecular complexity index is 251. The average molecular weight is 286 g/mol. The van der Waals surface area contributed by atoms with Crippen LogP contribution in [0.5, 0.6) is 0 Å². The van der Waals surface area contributed by atoms with Gasteiger partial charge in [-0.05, 0) is 30.6 Å². The van der Waals surface area contributed by atoms with Gasteiger partial charge in [0.2, 0.25) is 0 Å². The molecule has 1 fully saturated rings. The standard InChI is InChI=1S/C17H34O3/c1-12(2)10-19-16(14(5)6)15-8-7-9-18-17(15)20-11-13(3)4/h12-17H,7-11H2,1-6H3/t15-,16+,17+/m0/s1. The van der Waals surface area contributed by atoms with E-state index in [9.17, 15) is 0 Å². The summed E-state index contributed by atoms with van der Waals surface area (Å²) in [6.07, 6.45) is 2.39. The fourth-order valence-electron chi connectivity index (χ4n) is 2.67. The molecule has 1 aliphatic heterocycles. The molecule has 0 aromatic carbocycles. The van der Waals surface area contributed by atoms with Gasteiger partial charge in [0.1, 0.15) is 0 Å². The highest BCUT2D eigenvalue weighted by atomic mass is 16.7. The summed E-state index contributed by atoms with van der Waals surface area (Å²) in [5.41, 5.74) is 0. The van der Waals surface area contributed by atoms with Gasteiger partial charge in [0.25, 0.3) is 0 Å². The molecule has 0 spiro atoms. The van der Waals surface area contributed by atoms with Crippen LogP contribution in [0.3, 0.4) is 0 Å². The van der Waals surface area contributed by atoms with Gasteiger partial charge in [-0.2, -0.15) is 0 Å². The molecule has 0 N–H and O–H groups in total. The summed E-state index contributed by atoms with van der Waals surface area (Å²) in [5, 5.41) is 0. The molecule has 0 aliphatic carbocycles. The van der Waals surface area contributed by atoms with E-state index in [-0.39, 0.29) is 12.4 Å². The molecule has 0 aromatic heterocycles. The Balaban J connectivity index is 2.63. The van der Waals surface area contributed by atoms with Gasteiger partial charge in [-0.15, -0.1) is 0 Å². The third-order valence-corrected chi connectivity index (χ3v) is 3.61. The topological polar surface area (TPSA) is 27.7 Å². The molecule has 0 bridgehead atoms. The molecule has 1 aliphatic rings. The fourth-order valence-corrected chi connectivity index (χ4v) is 2.67. The molecule has 3 atom stereocenters. The lowest BCUT2D eigenvalue weighted by Gasteiger charge is -2.39. The van der Waals surface area contributed by atoms with Gasteiger partial charge in [-0.25, -0.2) is 0 Å². The summed E-state index contributed by atoms with van der Waals surface area (Å²) in [6.45, 7) is 15.6. The van der Waals surface area contributed by atoms with Crippen LogP contribution in [0.25, 0.3) is 0 Å². The molecule has 0 radical (unpaired) electrons. The lowest BCUT2D eigenvalue weighted by Crippen LogP contribution is -2.43. The minimum atomic E-state index is -0.0919. The van der Waals surface area contributed by atoms with Gasteiger partial charge in [0, 0.05) is 19.1 Å². The van der Waals surface area contributed by atoms with Crippen molar-refractivity contribution in [3.8, 4) is 0 Å². The summed E-state index contributed by atoms with van der Waals surface area (Å²) in [6, 6.07) is 0. The molecule has 0 unspecified atom stereocenters. The number of hydrogen-bond acceptors (Lipinski definition) is 3. The molecule has 1 rings (SSSR count). The zero-order valence-corrected chi connectivity index (χ0v) is 14.2. The molecule has 1 saturated heterocycles. The van der Waals surface area contributed by atoms with Crippen LogP contribution in [-0.4, -0.2) is 32.2 Å². The van der Waals surface area contributed by atoms with Crippen molar-refractivity contribution in [2.24, 2.45) is 23.7 Å².